The van der Waals surface area contributed by atoms with Crippen molar-refractivity contribution in [3.63, 3.8) is 0 Å². The molecule has 0 saturated carbocycles. The van der Waals surface area contributed by atoms with Crippen molar-refractivity contribution in [1.82, 2.24) is 4.31 Å². The summed E-state index contributed by atoms with van der Waals surface area (Å²) < 4.78 is 81.1. The van der Waals surface area contributed by atoms with Crippen LogP contribution in [0.4, 0.5) is 13.2 Å². The number of hydrogen-bond acceptors (Lipinski definition) is 6. The quantitative estimate of drug-likeness (QED) is 0.618. The lowest BCUT2D eigenvalue weighted by atomic mass is 10.1. The molecule has 0 spiro atoms. The molecule has 31 heavy (non-hydrogen) atoms. The van der Waals surface area contributed by atoms with Gasteiger partial charge in [0.15, 0.2) is 0 Å². The number of methoxy groups -OCH3 is 1. The molecule has 1 aliphatic heterocycles. The summed E-state index contributed by atoms with van der Waals surface area (Å²) in [5.41, 5.74) is -0.776. The number of nitrogens with zero attached hydrogens (tertiary/aromatic N) is 1. The van der Waals surface area contributed by atoms with Gasteiger partial charge in [0, 0.05) is 13.1 Å². The summed E-state index contributed by atoms with van der Waals surface area (Å²) in [4.78, 5) is 12.2. The molecule has 0 aliphatic carbocycles. The Balaban J connectivity index is 1.80. The SMILES string of the molecule is COc1ccc(C(=O)OCc2cccc(C(F)(F)F)c2)cc1S(=O)(=O)N1CCOCC1. The second-order valence-electron chi connectivity index (χ2n) is 6.66. The summed E-state index contributed by atoms with van der Waals surface area (Å²) in [5, 5.41) is 0. The third-order valence-electron chi connectivity index (χ3n) is 4.61. The first-order valence-corrected chi connectivity index (χ1v) is 10.7. The molecular formula is C20H20F3NO6S. The van der Waals surface area contributed by atoms with Crippen molar-refractivity contribution in [1.29, 1.82) is 0 Å². The molecule has 1 heterocycles. The summed E-state index contributed by atoms with van der Waals surface area (Å²) in [5.74, 6) is -0.820. The molecule has 2 aromatic carbocycles. The van der Waals surface area contributed by atoms with Gasteiger partial charge in [-0.15, -0.1) is 0 Å². The molecule has 1 fully saturated rings. The largest absolute Gasteiger partial charge is 0.495 e. The minimum absolute atomic E-state index is 0.0564. The summed E-state index contributed by atoms with van der Waals surface area (Å²) in [6, 6.07) is 8.20. The Hall–Kier alpha value is -2.63. The van der Waals surface area contributed by atoms with Crippen LogP contribution in [0.3, 0.4) is 0 Å². The van der Waals surface area contributed by atoms with E-state index >= 15 is 0 Å². The van der Waals surface area contributed by atoms with Crippen LogP contribution in [0.2, 0.25) is 0 Å². The van der Waals surface area contributed by atoms with E-state index in [1.54, 1.807) is 0 Å². The van der Waals surface area contributed by atoms with Crippen LogP contribution in [-0.4, -0.2) is 52.1 Å². The number of rotatable bonds is 6. The zero-order chi connectivity index (χ0) is 22.6. The number of carbonyl (C=O) groups is 1. The minimum atomic E-state index is -4.52. The van der Waals surface area contributed by atoms with Gasteiger partial charge >= 0.3 is 12.1 Å². The molecule has 3 rings (SSSR count). The highest BCUT2D eigenvalue weighted by Gasteiger charge is 2.31. The molecule has 2 aromatic rings. The summed E-state index contributed by atoms with van der Waals surface area (Å²) >= 11 is 0. The van der Waals surface area contributed by atoms with Gasteiger partial charge in [-0.2, -0.15) is 17.5 Å². The zero-order valence-electron chi connectivity index (χ0n) is 16.5. The van der Waals surface area contributed by atoms with Gasteiger partial charge in [-0.1, -0.05) is 12.1 Å². The van der Waals surface area contributed by atoms with Crippen LogP contribution in [0.25, 0.3) is 0 Å². The van der Waals surface area contributed by atoms with Gasteiger partial charge < -0.3 is 14.2 Å². The molecular weight excluding hydrogens is 439 g/mol. The first kappa shape index (κ1) is 23.0. The van der Waals surface area contributed by atoms with Gasteiger partial charge in [0.05, 0.1) is 31.5 Å². The maximum atomic E-state index is 13.0. The van der Waals surface area contributed by atoms with E-state index in [1.165, 1.54) is 35.7 Å². The van der Waals surface area contributed by atoms with Gasteiger partial charge in [0.2, 0.25) is 10.0 Å². The second kappa shape index (κ2) is 9.25. The molecule has 0 radical (unpaired) electrons. The average Bonchev–Trinajstić information content (AvgIpc) is 2.77. The van der Waals surface area contributed by atoms with E-state index in [9.17, 15) is 26.4 Å². The highest BCUT2D eigenvalue weighted by atomic mass is 32.2. The summed E-state index contributed by atoms with van der Waals surface area (Å²) in [7, 11) is -2.65. The van der Waals surface area contributed by atoms with Gasteiger partial charge in [0.1, 0.15) is 17.3 Å². The summed E-state index contributed by atoms with van der Waals surface area (Å²) in [6.45, 7) is 0.423. The van der Waals surface area contributed by atoms with Crippen molar-refractivity contribution >= 4 is 16.0 Å². The van der Waals surface area contributed by atoms with Crippen molar-refractivity contribution in [3.8, 4) is 5.75 Å². The first-order chi connectivity index (χ1) is 14.6. The predicted octanol–water partition coefficient (Wildman–Crippen LogP) is 3.09. The second-order valence-corrected chi connectivity index (χ2v) is 8.56. The van der Waals surface area contributed by atoms with Crippen LogP contribution in [0.15, 0.2) is 47.4 Å². The Morgan fingerprint density at radius 1 is 1.13 bits per heavy atom. The van der Waals surface area contributed by atoms with Gasteiger partial charge in [-0.25, -0.2) is 13.2 Å². The van der Waals surface area contributed by atoms with E-state index in [-0.39, 0.29) is 48.1 Å². The molecule has 7 nitrogen and oxygen atoms in total. The van der Waals surface area contributed by atoms with E-state index in [0.717, 1.165) is 18.2 Å². The van der Waals surface area contributed by atoms with Gasteiger partial charge in [-0.3, -0.25) is 0 Å². The lowest BCUT2D eigenvalue weighted by Crippen LogP contribution is -2.40. The van der Waals surface area contributed by atoms with Crippen LogP contribution < -0.4 is 4.74 Å². The number of benzene rings is 2. The van der Waals surface area contributed by atoms with Crippen molar-refractivity contribution in [2.45, 2.75) is 17.7 Å². The number of hydrogen-bond donors (Lipinski definition) is 0. The fraction of sp³-hybridized carbons (Fsp3) is 0.350. The Labute approximate surface area is 177 Å². The number of esters is 1. The molecule has 0 atom stereocenters. The van der Waals surface area contributed by atoms with Crippen molar-refractivity contribution in [3.05, 3.63) is 59.2 Å². The Morgan fingerprint density at radius 3 is 2.48 bits per heavy atom. The maximum Gasteiger partial charge on any atom is 0.416 e. The molecule has 168 valence electrons. The smallest absolute Gasteiger partial charge is 0.416 e. The van der Waals surface area contributed by atoms with E-state index in [1.807, 2.05) is 0 Å². The normalized spacial score (nSPS) is 15.5. The standard InChI is InChI=1S/C20H20F3NO6S/c1-28-17-6-5-15(12-18(17)31(26,27)24-7-9-29-10-8-24)19(25)30-13-14-3-2-4-16(11-14)20(21,22)23/h2-6,11-12H,7-10,13H2,1H3. The van der Waals surface area contributed by atoms with Crippen LogP contribution in [-0.2, 0) is 32.3 Å². The number of ether oxygens (including phenoxy) is 3. The number of carbonyl (C=O) groups excluding carboxylic acids is 1. The Morgan fingerprint density at radius 2 is 1.84 bits per heavy atom. The van der Waals surface area contributed by atoms with Gasteiger partial charge in [-0.05, 0) is 35.9 Å². The molecule has 0 unspecified atom stereocenters. The number of halogens is 3. The first-order valence-electron chi connectivity index (χ1n) is 9.22. The number of morpholine rings is 1. The number of sulfonamides is 1. The average molecular weight is 459 g/mol. The van der Waals surface area contributed by atoms with Crippen molar-refractivity contribution < 1.29 is 40.6 Å². The molecule has 0 N–H and O–H groups in total. The third-order valence-corrected chi connectivity index (χ3v) is 6.53. The van der Waals surface area contributed by atoms with Crippen molar-refractivity contribution in [2.75, 3.05) is 33.4 Å². The molecule has 1 aliphatic rings. The van der Waals surface area contributed by atoms with E-state index in [4.69, 9.17) is 14.2 Å². The molecule has 0 bridgehead atoms. The van der Waals surface area contributed by atoms with Crippen LogP contribution >= 0.6 is 0 Å². The minimum Gasteiger partial charge on any atom is -0.495 e. The topological polar surface area (TPSA) is 82.1 Å². The van der Waals surface area contributed by atoms with E-state index < -0.39 is 34.3 Å². The van der Waals surface area contributed by atoms with Crippen LogP contribution in [0.5, 0.6) is 5.75 Å². The van der Waals surface area contributed by atoms with Gasteiger partial charge in [0.25, 0.3) is 0 Å². The fourth-order valence-corrected chi connectivity index (χ4v) is 4.59. The number of alkyl halides is 3. The highest BCUT2D eigenvalue weighted by molar-refractivity contribution is 7.89. The van der Waals surface area contributed by atoms with E-state index in [2.05, 4.69) is 0 Å². The molecule has 0 amide bonds. The summed E-state index contributed by atoms with van der Waals surface area (Å²) in [6.07, 6.45) is -4.52. The lowest BCUT2D eigenvalue weighted by molar-refractivity contribution is -0.137. The lowest BCUT2D eigenvalue weighted by Gasteiger charge is -2.26. The Kier molecular flexibility index (Phi) is 6.87. The molecule has 0 aromatic heterocycles. The molecule has 1 saturated heterocycles. The zero-order valence-corrected chi connectivity index (χ0v) is 17.3. The van der Waals surface area contributed by atoms with Crippen LogP contribution in [0, 0.1) is 0 Å². The predicted molar refractivity (Wildman–Crippen MR) is 103 cm³/mol. The fourth-order valence-electron chi connectivity index (χ4n) is 3.00. The van der Waals surface area contributed by atoms with E-state index in [0.29, 0.717) is 0 Å². The third kappa shape index (κ3) is 5.35. The van der Waals surface area contributed by atoms with Crippen LogP contribution in [0.1, 0.15) is 21.5 Å². The highest BCUT2D eigenvalue weighted by Crippen LogP contribution is 2.30. The Bertz CT molecular complexity index is 1050. The maximum absolute atomic E-state index is 13.0. The monoisotopic (exact) mass is 459 g/mol. The van der Waals surface area contributed by atoms with Crippen molar-refractivity contribution in [2.24, 2.45) is 0 Å². The molecule has 11 heteroatoms.